The minimum Gasteiger partial charge on any atom is -0.522 e. The third-order valence-corrected chi connectivity index (χ3v) is 2.94. The number of hydrogen-bond acceptors (Lipinski definition) is 6. The molecule has 12 nitrogen and oxygen atoms in total. The summed E-state index contributed by atoms with van der Waals surface area (Å²) < 4.78 is 0. The number of nitrogens with one attached hydrogen (secondary N) is 5. The predicted octanol–water partition coefficient (Wildman–Crippen LogP) is 0.431. The van der Waals surface area contributed by atoms with Crippen LogP contribution < -0.4 is 26.6 Å². The Morgan fingerprint density at radius 2 is 1.39 bits per heavy atom. The number of aryl methyl sites for hydroxylation is 1. The number of carboxylic acid groups (broad SMARTS) is 1. The molecular formula is C25H42FmN5O7-. The van der Waals surface area contributed by atoms with Gasteiger partial charge in [0.25, 0.3) is 0 Å². The molecule has 1 aromatic rings. The molecule has 0 aromatic heterocycles. The van der Waals surface area contributed by atoms with Crippen LogP contribution in [0.15, 0.2) is 43.5 Å². The molecule has 38 heavy (non-hydrogen) atoms. The van der Waals surface area contributed by atoms with Gasteiger partial charge in [-0.15, -0.1) is 13.2 Å². The molecule has 0 fully saturated rings. The third kappa shape index (κ3) is 44.5. The minimum absolute atomic E-state index is 0. The molecule has 1 aromatic carbocycles. The first-order chi connectivity index (χ1) is 17.5. The van der Waals surface area contributed by atoms with Crippen LogP contribution in [-0.2, 0) is 28.8 Å². The summed E-state index contributed by atoms with van der Waals surface area (Å²) in [5, 5.41) is 19.3. The Balaban J connectivity index is -0.000000136. The fourth-order valence-corrected chi connectivity index (χ4v) is 1.64. The number of hydrogen-bond donors (Lipinski definition) is 6. The third-order valence-electron chi connectivity index (χ3n) is 2.94. The zero-order chi connectivity index (χ0) is 29.5. The van der Waals surface area contributed by atoms with Gasteiger partial charge in [-0.1, -0.05) is 56.2 Å². The summed E-state index contributed by atoms with van der Waals surface area (Å²) in [6, 6.07) is 10.4. The Hall–Kier alpha value is -5.22. The summed E-state index contributed by atoms with van der Waals surface area (Å²) in [6.07, 6.45) is 3.01. The second kappa shape index (κ2) is 34.0. The van der Waals surface area contributed by atoms with Crippen LogP contribution in [-0.4, -0.2) is 73.8 Å². The molecule has 0 saturated heterocycles. The second-order valence-corrected chi connectivity index (χ2v) is 6.99. The first kappa shape index (κ1) is 42.9. The first-order valence-corrected chi connectivity index (χ1v) is 11.4. The van der Waals surface area contributed by atoms with E-state index in [0.29, 0.717) is 6.41 Å². The number of aliphatic carboxylic acids is 1. The molecule has 5 amide bonds. The smallest absolute Gasteiger partial charge is 0.322 e. The zero-order valence-corrected chi connectivity index (χ0v) is 25.1. The number of carbonyl (C=O) groups excluding carboxylic acids is 5. The van der Waals surface area contributed by atoms with Gasteiger partial charge in [-0.3, -0.25) is 24.0 Å². The average Bonchev–Trinajstić information content (AvgIpc) is 2.86. The Morgan fingerprint density at radius 3 is 1.76 bits per heavy atom. The molecular weight excluding hydrogens is 739 g/mol. The molecule has 0 spiro atoms. The largest absolute Gasteiger partial charge is 0.522 e. The van der Waals surface area contributed by atoms with E-state index in [9.17, 15) is 28.8 Å². The Morgan fingerprint density at radius 1 is 0.921 bits per heavy atom. The number of carbonyl (C=O) groups is 5. The SMILES string of the molecule is C=C.CC(C)NC(=O)CN[C-]=O.CCC.Cc1ccccc1.O=CNCC(=O)NCC(=O)NCC(=O)O.[Fm]. The molecule has 0 atom stereocenters. The van der Waals surface area contributed by atoms with Gasteiger partial charge in [0.1, 0.15) is 6.54 Å². The molecule has 1 rings (SSSR count). The van der Waals surface area contributed by atoms with Gasteiger partial charge in [0.05, 0.1) is 19.6 Å². The molecule has 0 radical (unpaired) electrons. The van der Waals surface area contributed by atoms with Crippen molar-refractivity contribution in [3.63, 3.8) is 0 Å². The van der Waals surface area contributed by atoms with Crippen LogP contribution in [0.4, 0.5) is 0 Å². The molecule has 222 valence electrons. The number of benzene rings is 1. The van der Waals surface area contributed by atoms with Gasteiger partial charge in [-0.2, -0.15) is 6.41 Å². The number of amides is 5. The molecule has 0 bridgehead atoms. The van der Waals surface area contributed by atoms with E-state index in [-0.39, 0.29) is 31.6 Å². The Labute approximate surface area is 219 Å². The van der Waals surface area contributed by atoms with E-state index in [2.05, 4.69) is 72.6 Å². The van der Waals surface area contributed by atoms with E-state index in [0.717, 1.165) is 0 Å². The van der Waals surface area contributed by atoms with E-state index in [4.69, 9.17) is 5.11 Å². The van der Waals surface area contributed by atoms with Gasteiger partial charge in [0.2, 0.25) is 24.1 Å². The van der Waals surface area contributed by atoms with Crippen LogP contribution in [0.1, 0.15) is 39.7 Å². The van der Waals surface area contributed by atoms with Crippen molar-refractivity contribution in [2.75, 3.05) is 26.2 Å². The second-order valence-electron chi connectivity index (χ2n) is 6.99. The van der Waals surface area contributed by atoms with Gasteiger partial charge in [0.15, 0.2) is 0 Å². The van der Waals surface area contributed by atoms with Gasteiger partial charge >= 0.3 is 5.97 Å². The maximum Gasteiger partial charge on any atom is 0.322 e. The number of carboxylic acids is 1. The first-order valence-electron chi connectivity index (χ1n) is 11.4. The van der Waals surface area contributed by atoms with Crippen molar-refractivity contribution < 1.29 is 33.9 Å². The molecule has 0 heterocycles. The Bertz CT molecular complexity index is 751. The van der Waals surface area contributed by atoms with Crippen LogP contribution in [0.3, 0.4) is 0 Å². The van der Waals surface area contributed by atoms with E-state index in [1.807, 2.05) is 32.0 Å². The quantitative estimate of drug-likeness (QED) is 0.0815. The van der Waals surface area contributed by atoms with E-state index >= 15 is 0 Å². The van der Waals surface area contributed by atoms with Crippen LogP contribution >= 0.6 is 0 Å². The minimum atomic E-state index is -1.17. The topological polar surface area (TPSA) is 183 Å². The van der Waals surface area contributed by atoms with Crippen molar-refractivity contribution in [2.24, 2.45) is 0 Å². The van der Waals surface area contributed by atoms with E-state index < -0.39 is 24.3 Å². The van der Waals surface area contributed by atoms with Crippen LogP contribution in [0.2, 0.25) is 0 Å². The predicted molar refractivity (Wildman–Crippen MR) is 143 cm³/mol. The van der Waals surface area contributed by atoms with Gasteiger partial charge in [-0.25, -0.2) is 0 Å². The summed E-state index contributed by atoms with van der Waals surface area (Å²) in [5.74, 6) is -2.51. The summed E-state index contributed by atoms with van der Waals surface area (Å²) in [7, 11) is 0. The zero-order valence-electron chi connectivity index (χ0n) is 22.7. The van der Waals surface area contributed by atoms with Crippen molar-refractivity contribution >= 4 is 36.5 Å². The Kier molecular flexibility index (Phi) is 38.3. The van der Waals surface area contributed by atoms with E-state index in [1.54, 1.807) is 0 Å². The van der Waals surface area contributed by atoms with Gasteiger partial charge in [0, 0.05) is 6.04 Å². The average molecular weight is 782 g/mol. The van der Waals surface area contributed by atoms with Crippen molar-refractivity contribution in [2.45, 2.75) is 47.1 Å². The fourth-order valence-electron chi connectivity index (χ4n) is 1.64. The molecule has 0 aliphatic heterocycles. The maximum absolute atomic E-state index is 10.8. The van der Waals surface area contributed by atoms with Crippen molar-refractivity contribution in [1.82, 2.24) is 26.6 Å². The molecule has 0 aliphatic rings. The van der Waals surface area contributed by atoms with Crippen molar-refractivity contribution in [1.29, 1.82) is 0 Å². The van der Waals surface area contributed by atoms with Crippen LogP contribution in [0.5, 0.6) is 0 Å². The number of rotatable bonds is 11. The molecule has 0 aliphatic carbocycles. The van der Waals surface area contributed by atoms with E-state index in [1.165, 1.54) is 18.4 Å². The maximum atomic E-state index is 10.8. The molecule has 13 heteroatoms. The molecule has 0 unspecified atom stereocenters. The summed E-state index contributed by atoms with van der Waals surface area (Å²) in [4.78, 5) is 61.7. The summed E-state index contributed by atoms with van der Waals surface area (Å²) >= 11 is 0. The molecule has 0 saturated carbocycles. The van der Waals surface area contributed by atoms with Gasteiger partial charge in [-0.05, 0) is 20.8 Å². The van der Waals surface area contributed by atoms with Gasteiger partial charge < -0.3 is 36.5 Å². The fraction of sp³-hybridized carbons (Fsp3) is 0.440. The molecule has 6 N–H and O–H groups in total. The summed E-state index contributed by atoms with van der Waals surface area (Å²) in [5.41, 5.74) is 1.32. The van der Waals surface area contributed by atoms with Crippen LogP contribution in [0.25, 0.3) is 0 Å². The van der Waals surface area contributed by atoms with Crippen LogP contribution in [0, 0.1) is 6.92 Å². The summed E-state index contributed by atoms with van der Waals surface area (Å²) in [6.45, 7) is 15.0. The normalized spacial score (nSPS) is 8.05. The monoisotopic (exact) mass is 781 g/mol. The standard InChI is InChI=1S/C7H11N3O5.C7H8.C6H11N2O2.C3H8.C2H4.Fm/c11-4-8-1-5(12)9-2-6(13)10-3-7(14)15;1-7-5-3-2-4-6-7;1-5(2)8-6(10)3-7-4-9;1-3-2;1-2;/h4H,1-3H2,(H,8,11)(H,9,12)(H,10,13)(H,14,15);2-6H,1H3;5H,3H2,1-2H3,(H,7,9)(H,8,10);3H2,1-2H3;1-2H2;/q;;-1;;;. The van der Waals surface area contributed by atoms with Crippen molar-refractivity contribution in [3.8, 4) is 0 Å². The van der Waals surface area contributed by atoms with Crippen molar-refractivity contribution in [3.05, 3.63) is 49.1 Å².